The Bertz CT molecular complexity index is 491. The first-order valence-corrected chi connectivity index (χ1v) is 5.72. The molecule has 1 aromatic carbocycles. The number of hydrogen-bond acceptors (Lipinski definition) is 3. The third-order valence-electron chi connectivity index (χ3n) is 3.10. The minimum Gasteiger partial charge on any atom is -0.480 e. The van der Waals surface area contributed by atoms with E-state index in [1.807, 2.05) is 0 Å². The fourth-order valence-corrected chi connectivity index (χ4v) is 2.11. The summed E-state index contributed by atoms with van der Waals surface area (Å²) < 4.78 is 12.8. The van der Waals surface area contributed by atoms with Gasteiger partial charge in [0, 0.05) is 25.3 Å². The summed E-state index contributed by atoms with van der Waals surface area (Å²) in [6, 6.07) is 4.55. The molecule has 1 saturated heterocycles. The van der Waals surface area contributed by atoms with Crippen molar-refractivity contribution < 1.29 is 24.2 Å². The Labute approximate surface area is 108 Å². The number of amides is 1. The third-order valence-corrected chi connectivity index (χ3v) is 3.10. The van der Waals surface area contributed by atoms with Crippen LogP contribution >= 0.6 is 0 Å². The summed E-state index contributed by atoms with van der Waals surface area (Å²) in [4.78, 5) is 24.7. The van der Waals surface area contributed by atoms with E-state index in [0.717, 1.165) is 4.90 Å². The van der Waals surface area contributed by atoms with Crippen LogP contribution in [-0.2, 0) is 4.79 Å². The first-order chi connectivity index (χ1) is 8.99. The van der Waals surface area contributed by atoms with Crippen LogP contribution < -0.4 is 4.90 Å². The van der Waals surface area contributed by atoms with Crippen molar-refractivity contribution in [2.75, 3.05) is 24.5 Å². The average Bonchev–Trinajstić information content (AvgIpc) is 2.38. The Morgan fingerprint density at radius 3 is 2.32 bits per heavy atom. The van der Waals surface area contributed by atoms with Crippen molar-refractivity contribution >= 4 is 17.7 Å². The zero-order valence-electron chi connectivity index (χ0n) is 9.99. The van der Waals surface area contributed by atoms with Crippen molar-refractivity contribution in [1.29, 1.82) is 0 Å². The summed E-state index contributed by atoms with van der Waals surface area (Å²) in [5.74, 6) is -1.56. The van der Waals surface area contributed by atoms with E-state index in [2.05, 4.69) is 0 Å². The van der Waals surface area contributed by atoms with Crippen molar-refractivity contribution in [2.45, 2.75) is 6.04 Å². The van der Waals surface area contributed by atoms with Crippen molar-refractivity contribution in [3.8, 4) is 0 Å². The maximum atomic E-state index is 12.8. The molecule has 0 saturated carbocycles. The molecule has 0 spiro atoms. The number of piperazine rings is 1. The molecule has 7 heteroatoms. The number of hydrogen-bond donors (Lipinski definition) is 2. The van der Waals surface area contributed by atoms with E-state index in [0.29, 0.717) is 12.2 Å². The Balaban J connectivity index is 2.17. The maximum Gasteiger partial charge on any atom is 0.408 e. The van der Waals surface area contributed by atoms with Crippen LogP contribution in [0.3, 0.4) is 0 Å². The van der Waals surface area contributed by atoms with Gasteiger partial charge in [0.2, 0.25) is 0 Å². The molecule has 1 heterocycles. The molecule has 1 fully saturated rings. The lowest BCUT2D eigenvalue weighted by atomic mass is 10.1. The number of benzene rings is 1. The quantitative estimate of drug-likeness (QED) is 0.838. The van der Waals surface area contributed by atoms with Gasteiger partial charge in [0.25, 0.3) is 0 Å². The van der Waals surface area contributed by atoms with E-state index in [-0.39, 0.29) is 18.9 Å². The zero-order chi connectivity index (χ0) is 14.0. The number of halogens is 1. The highest BCUT2D eigenvalue weighted by Gasteiger charge is 2.35. The minimum absolute atomic E-state index is 0.0489. The Morgan fingerprint density at radius 2 is 1.79 bits per heavy atom. The summed E-state index contributed by atoms with van der Waals surface area (Å²) in [5, 5.41) is 18.0. The summed E-state index contributed by atoms with van der Waals surface area (Å²) in [7, 11) is 0. The average molecular weight is 268 g/mol. The van der Waals surface area contributed by atoms with E-state index < -0.39 is 18.1 Å². The molecule has 1 aliphatic heterocycles. The Morgan fingerprint density at radius 1 is 1.16 bits per heavy atom. The highest BCUT2D eigenvalue weighted by Crippen LogP contribution is 2.20. The number of aliphatic carboxylic acids is 1. The number of anilines is 1. The fraction of sp³-hybridized carbons (Fsp3) is 0.333. The molecule has 2 N–H and O–H groups in total. The van der Waals surface area contributed by atoms with Crippen molar-refractivity contribution in [1.82, 2.24) is 4.90 Å². The highest BCUT2D eigenvalue weighted by molar-refractivity contribution is 5.80. The number of carbonyl (C=O) groups is 2. The molecule has 0 aromatic heterocycles. The standard InChI is InChI=1S/C12H13FN2O4/c13-8-1-3-9(4-2-8)14-5-6-15(12(18)19)10(7-14)11(16)17/h1-4,10H,5-7H2,(H,16,17)(H,18,19). The lowest BCUT2D eigenvalue weighted by molar-refractivity contribution is -0.142. The number of nitrogens with zero attached hydrogens (tertiary/aromatic N) is 2. The summed E-state index contributed by atoms with van der Waals surface area (Å²) in [6.07, 6.45) is -1.24. The first kappa shape index (κ1) is 13.1. The second-order valence-electron chi connectivity index (χ2n) is 4.25. The highest BCUT2D eigenvalue weighted by atomic mass is 19.1. The normalized spacial score (nSPS) is 19.3. The van der Waals surface area contributed by atoms with Gasteiger partial charge >= 0.3 is 12.1 Å². The van der Waals surface area contributed by atoms with E-state index in [1.165, 1.54) is 12.1 Å². The minimum atomic E-state index is -1.24. The maximum absolute atomic E-state index is 12.8. The molecular formula is C12H13FN2O4. The van der Waals surface area contributed by atoms with Crippen molar-refractivity contribution in [3.05, 3.63) is 30.1 Å². The summed E-state index contributed by atoms with van der Waals surface area (Å²) in [5.41, 5.74) is 0.678. The van der Waals surface area contributed by atoms with E-state index >= 15 is 0 Å². The van der Waals surface area contributed by atoms with Crippen LogP contribution in [0.1, 0.15) is 0 Å². The lowest BCUT2D eigenvalue weighted by Crippen LogP contribution is -2.58. The van der Waals surface area contributed by atoms with Gasteiger partial charge in [0.05, 0.1) is 0 Å². The van der Waals surface area contributed by atoms with Gasteiger partial charge in [-0.2, -0.15) is 0 Å². The van der Waals surface area contributed by atoms with Crippen molar-refractivity contribution in [3.63, 3.8) is 0 Å². The van der Waals surface area contributed by atoms with Gasteiger partial charge < -0.3 is 15.1 Å². The van der Waals surface area contributed by atoms with E-state index in [4.69, 9.17) is 10.2 Å². The molecule has 0 aliphatic carbocycles. The number of rotatable bonds is 2. The molecule has 102 valence electrons. The second-order valence-corrected chi connectivity index (χ2v) is 4.25. The molecule has 1 aromatic rings. The number of carboxylic acids is 1. The molecule has 19 heavy (non-hydrogen) atoms. The molecule has 1 atom stereocenters. The molecule has 0 radical (unpaired) electrons. The monoisotopic (exact) mass is 268 g/mol. The van der Waals surface area contributed by atoms with Crippen LogP contribution in [0.4, 0.5) is 14.9 Å². The van der Waals surface area contributed by atoms with Gasteiger partial charge in [-0.3, -0.25) is 4.90 Å². The van der Waals surface area contributed by atoms with Gasteiger partial charge in [0.1, 0.15) is 11.9 Å². The smallest absolute Gasteiger partial charge is 0.408 e. The topological polar surface area (TPSA) is 81.1 Å². The predicted molar refractivity (Wildman–Crippen MR) is 64.8 cm³/mol. The lowest BCUT2D eigenvalue weighted by Gasteiger charge is -2.38. The Kier molecular flexibility index (Phi) is 3.55. The van der Waals surface area contributed by atoms with Crippen LogP contribution in [0.25, 0.3) is 0 Å². The van der Waals surface area contributed by atoms with Crippen LogP contribution in [-0.4, -0.2) is 52.9 Å². The van der Waals surface area contributed by atoms with Gasteiger partial charge in [-0.25, -0.2) is 14.0 Å². The molecule has 1 amide bonds. The second kappa shape index (κ2) is 5.13. The SMILES string of the molecule is O=C(O)C1CN(c2ccc(F)cc2)CCN1C(=O)O. The van der Waals surface area contributed by atoms with Crippen molar-refractivity contribution in [2.24, 2.45) is 0 Å². The van der Waals surface area contributed by atoms with Crippen LogP contribution in [0.5, 0.6) is 0 Å². The molecular weight excluding hydrogens is 255 g/mol. The molecule has 0 bridgehead atoms. The van der Waals surface area contributed by atoms with Crippen LogP contribution in [0.15, 0.2) is 24.3 Å². The van der Waals surface area contributed by atoms with Crippen LogP contribution in [0, 0.1) is 5.82 Å². The van der Waals surface area contributed by atoms with Gasteiger partial charge in [-0.1, -0.05) is 0 Å². The van der Waals surface area contributed by atoms with E-state index in [9.17, 15) is 14.0 Å². The fourth-order valence-electron chi connectivity index (χ4n) is 2.11. The molecule has 6 nitrogen and oxygen atoms in total. The summed E-state index contributed by atoms with van der Waals surface area (Å²) in [6.45, 7) is 0.526. The first-order valence-electron chi connectivity index (χ1n) is 5.72. The summed E-state index contributed by atoms with van der Waals surface area (Å²) >= 11 is 0. The molecule has 1 unspecified atom stereocenters. The van der Waals surface area contributed by atoms with Gasteiger partial charge in [0.15, 0.2) is 0 Å². The predicted octanol–water partition coefficient (Wildman–Crippen LogP) is 1.08. The molecule has 1 aliphatic rings. The van der Waals surface area contributed by atoms with Gasteiger partial charge in [-0.15, -0.1) is 0 Å². The third kappa shape index (κ3) is 2.75. The molecule has 2 rings (SSSR count). The number of carboxylic acid groups (broad SMARTS) is 2. The van der Waals surface area contributed by atoms with Gasteiger partial charge in [-0.05, 0) is 24.3 Å². The van der Waals surface area contributed by atoms with Crippen LogP contribution in [0.2, 0.25) is 0 Å². The largest absolute Gasteiger partial charge is 0.480 e. The van der Waals surface area contributed by atoms with E-state index in [1.54, 1.807) is 17.0 Å². The zero-order valence-corrected chi connectivity index (χ0v) is 9.99. The Hall–Kier alpha value is -2.31.